The van der Waals surface area contributed by atoms with Crippen LogP contribution in [0.1, 0.15) is 11.1 Å². The number of hydrogen-bond donors (Lipinski definition) is 3. The quantitative estimate of drug-likeness (QED) is 0.437. The second-order valence-corrected chi connectivity index (χ2v) is 4.59. The normalized spacial score (nSPS) is 10.3. The third-order valence-electron chi connectivity index (χ3n) is 2.43. The SMILES string of the molecule is COc1ccc(C(=N)N)cc1CSc1ncc[nH]1. The third-order valence-corrected chi connectivity index (χ3v) is 3.38. The number of nitrogen functional groups attached to an aromatic ring is 1. The Kier molecular flexibility index (Phi) is 3.88. The third kappa shape index (κ3) is 2.84. The van der Waals surface area contributed by atoms with E-state index in [2.05, 4.69) is 9.97 Å². The van der Waals surface area contributed by atoms with Gasteiger partial charge in [-0.15, -0.1) is 0 Å². The van der Waals surface area contributed by atoms with Crippen LogP contribution in [0.25, 0.3) is 0 Å². The summed E-state index contributed by atoms with van der Waals surface area (Å²) in [7, 11) is 1.63. The Hall–Kier alpha value is -1.95. The van der Waals surface area contributed by atoms with Gasteiger partial charge in [0, 0.05) is 29.3 Å². The molecule has 18 heavy (non-hydrogen) atoms. The standard InChI is InChI=1S/C12H14N4OS/c1-17-10-3-2-8(11(13)14)6-9(10)7-18-12-15-4-5-16-12/h2-6H,7H2,1H3,(H3,13,14)(H,15,16). The summed E-state index contributed by atoms with van der Waals surface area (Å²) in [5.74, 6) is 1.55. The molecule has 0 atom stereocenters. The van der Waals surface area contributed by atoms with Gasteiger partial charge in [-0.25, -0.2) is 4.98 Å². The van der Waals surface area contributed by atoms with Crippen molar-refractivity contribution in [2.24, 2.45) is 5.73 Å². The maximum Gasteiger partial charge on any atom is 0.165 e. The van der Waals surface area contributed by atoms with Crippen molar-refractivity contribution in [2.75, 3.05) is 7.11 Å². The number of hydrogen-bond acceptors (Lipinski definition) is 4. The lowest BCUT2D eigenvalue weighted by molar-refractivity contribution is 0.411. The number of nitrogens with two attached hydrogens (primary N) is 1. The van der Waals surface area contributed by atoms with Crippen LogP contribution in [0.2, 0.25) is 0 Å². The Bertz CT molecular complexity index is 539. The number of methoxy groups -OCH3 is 1. The van der Waals surface area contributed by atoms with Crippen molar-refractivity contribution in [3.63, 3.8) is 0 Å². The molecule has 0 saturated heterocycles. The summed E-state index contributed by atoms with van der Waals surface area (Å²) in [5, 5.41) is 8.29. The molecule has 0 unspecified atom stereocenters. The maximum atomic E-state index is 7.44. The summed E-state index contributed by atoms with van der Waals surface area (Å²) in [6.07, 6.45) is 3.50. The van der Waals surface area contributed by atoms with Gasteiger partial charge in [0.05, 0.1) is 7.11 Å². The lowest BCUT2D eigenvalue weighted by Gasteiger charge is -2.09. The van der Waals surface area contributed by atoms with E-state index in [0.29, 0.717) is 11.3 Å². The van der Waals surface area contributed by atoms with Crippen LogP contribution in [0.3, 0.4) is 0 Å². The van der Waals surface area contributed by atoms with Crippen molar-refractivity contribution in [2.45, 2.75) is 10.9 Å². The second kappa shape index (κ2) is 5.59. The molecule has 2 rings (SSSR count). The van der Waals surface area contributed by atoms with Crippen LogP contribution >= 0.6 is 11.8 Å². The highest BCUT2D eigenvalue weighted by Gasteiger charge is 2.07. The summed E-state index contributed by atoms with van der Waals surface area (Å²) < 4.78 is 5.29. The molecule has 0 aliphatic heterocycles. The van der Waals surface area contributed by atoms with Crippen molar-refractivity contribution >= 4 is 17.6 Å². The van der Waals surface area contributed by atoms with E-state index in [4.69, 9.17) is 15.9 Å². The first-order valence-corrected chi connectivity index (χ1v) is 6.32. The summed E-state index contributed by atoms with van der Waals surface area (Å²) in [5.41, 5.74) is 7.17. The minimum Gasteiger partial charge on any atom is -0.496 e. The molecule has 1 heterocycles. The van der Waals surface area contributed by atoms with E-state index in [-0.39, 0.29) is 5.84 Å². The van der Waals surface area contributed by atoms with Crippen molar-refractivity contribution < 1.29 is 4.74 Å². The number of benzene rings is 1. The zero-order chi connectivity index (χ0) is 13.0. The summed E-state index contributed by atoms with van der Waals surface area (Å²) in [4.78, 5) is 7.17. The number of imidazole rings is 1. The Morgan fingerprint density at radius 2 is 2.39 bits per heavy atom. The zero-order valence-electron chi connectivity index (χ0n) is 9.93. The monoisotopic (exact) mass is 262 g/mol. The number of aromatic nitrogens is 2. The van der Waals surface area contributed by atoms with Crippen LogP contribution in [-0.2, 0) is 5.75 Å². The Morgan fingerprint density at radius 1 is 1.56 bits per heavy atom. The summed E-state index contributed by atoms with van der Waals surface area (Å²) in [6, 6.07) is 5.48. The summed E-state index contributed by atoms with van der Waals surface area (Å²) in [6.45, 7) is 0. The number of nitrogens with zero attached hydrogens (tertiary/aromatic N) is 1. The molecule has 5 nitrogen and oxygen atoms in total. The molecule has 0 bridgehead atoms. The maximum absolute atomic E-state index is 7.44. The fourth-order valence-electron chi connectivity index (χ4n) is 1.53. The Labute approximate surface area is 109 Å². The van der Waals surface area contributed by atoms with Gasteiger partial charge in [-0.1, -0.05) is 11.8 Å². The first kappa shape index (κ1) is 12.5. The van der Waals surface area contributed by atoms with Crippen LogP contribution in [0.15, 0.2) is 35.7 Å². The lowest BCUT2D eigenvalue weighted by Crippen LogP contribution is -2.11. The highest BCUT2D eigenvalue weighted by atomic mass is 32.2. The molecule has 0 aliphatic carbocycles. The number of ether oxygens (including phenoxy) is 1. The second-order valence-electron chi connectivity index (χ2n) is 3.62. The van der Waals surface area contributed by atoms with Gasteiger partial charge in [-0.3, -0.25) is 5.41 Å². The fraction of sp³-hybridized carbons (Fsp3) is 0.167. The molecule has 0 aliphatic rings. The van der Waals surface area contributed by atoms with Crippen molar-refractivity contribution in [3.8, 4) is 5.75 Å². The minimum atomic E-state index is 0.0573. The molecule has 2 aromatic rings. The molecule has 4 N–H and O–H groups in total. The van der Waals surface area contributed by atoms with Gasteiger partial charge in [0.2, 0.25) is 0 Å². The zero-order valence-corrected chi connectivity index (χ0v) is 10.8. The molecular weight excluding hydrogens is 248 g/mol. The predicted molar refractivity (Wildman–Crippen MR) is 72.2 cm³/mol. The highest BCUT2D eigenvalue weighted by molar-refractivity contribution is 7.98. The number of amidine groups is 1. The van der Waals surface area contributed by atoms with Gasteiger partial charge in [-0.05, 0) is 18.2 Å². The number of rotatable bonds is 5. The van der Waals surface area contributed by atoms with Crippen LogP contribution in [-0.4, -0.2) is 22.9 Å². The van der Waals surface area contributed by atoms with E-state index >= 15 is 0 Å². The molecule has 0 fully saturated rings. The number of nitrogens with one attached hydrogen (secondary N) is 2. The van der Waals surface area contributed by atoms with Crippen molar-refractivity contribution in [1.29, 1.82) is 5.41 Å². The average molecular weight is 262 g/mol. The predicted octanol–water partition coefficient (Wildman–Crippen LogP) is 1.99. The number of thioether (sulfide) groups is 1. The molecular formula is C12H14N4OS. The van der Waals surface area contributed by atoms with Gasteiger partial charge in [0.15, 0.2) is 5.16 Å². The van der Waals surface area contributed by atoms with E-state index in [1.807, 2.05) is 12.1 Å². The van der Waals surface area contributed by atoms with Gasteiger partial charge in [0.25, 0.3) is 0 Å². The van der Waals surface area contributed by atoms with Crippen molar-refractivity contribution in [3.05, 3.63) is 41.7 Å². The largest absolute Gasteiger partial charge is 0.496 e. The van der Waals surface area contributed by atoms with Gasteiger partial charge in [-0.2, -0.15) is 0 Å². The molecule has 94 valence electrons. The first-order valence-electron chi connectivity index (χ1n) is 5.34. The Balaban J connectivity index is 2.18. The molecule has 1 aromatic carbocycles. The van der Waals surface area contributed by atoms with E-state index in [1.54, 1.807) is 37.3 Å². The Morgan fingerprint density at radius 3 is 3.00 bits per heavy atom. The van der Waals surface area contributed by atoms with E-state index in [9.17, 15) is 0 Å². The van der Waals surface area contributed by atoms with Gasteiger partial charge >= 0.3 is 0 Å². The molecule has 1 aromatic heterocycles. The van der Waals surface area contributed by atoms with E-state index < -0.39 is 0 Å². The van der Waals surface area contributed by atoms with E-state index in [0.717, 1.165) is 16.5 Å². The van der Waals surface area contributed by atoms with E-state index in [1.165, 1.54) is 0 Å². The van der Waals surface area contributed by atoms with Gasteiger partial charge < -0.3 is 15.5 Å². The van der Waals surface area contributed by atoms with Crippen LogP contribution < -0.4 is 10.5 Å². The topological polar surface area (TPSA) is 87.8 Å². The molecule has 0 spiro atoms. The average Bonchev–Trinajstić information content (AvgIpc) is 2.89. The number of H-pyrrole nitrogens is 1. The summed E-state index contributed by atoms with van der Waals surface area (Å²) >= 11 is 1.57. The highest BCUT2D eigenvalue weighted by Crippen LogP contribution is 2.27. The first-order chi connectivity index (χ1) is 8.70. The molecule has 0 saturated carbocycles. The molecule has 0 radical (unpaired) electrons. The van der Waals surface area contributed by atoms with Crippen LogP contribution in [0.5, 0.6) is 5.75 Å². The van der Waals surface area contributed by atoms with Crippen molar-refractivity contribution in [1.82, 2.24) is 9.97 Å². The van der Waals surface area contributed by atoms with Crippen LogP contribution in [0.4, 0.5) is 0 Å². The smallest absolute Gasteiger partial charge is 0.165 e. The minimum absolute atomic E-state index is 0.0573. The lowest BCUT2D eigenvalue weighted by atomic mass is 10.1. The molecule has 6 heteroatoms. The number of aromatic amines is 1. The molecule has 0 amide bonds. The fourth-order valence-corrected chi connectivity index (χ4v) is 2.34. The van der Waals surface area contributed by atoms with Gasteiger partial charge in [0.1, 0.15) is 11.6 Å². The van der Waals surface area contributed by atoms with Crippen LogP contribution in [0, 0.1) is 5.41 Å².